The normalized spacial score (nSPS) is 18.0. The maximum absolute atomic E-state index is 13.8. The van der Waals surface area contributed by atoms with Gasteiger partial charge in [0.1, 0.15) is 23.7 Å². The van der Waals surface area contributed by atoms with Crippen molar-refractivity contribution < 1.29 is 18.7 Å². The third kappa shape index (κ3) is 6.21. The van der Waals surface area contributed by atoms with Crippen molar-refractivity contribution in [3.8, 4) is 5.75 Å². The van der Waals surface area contributed by atoms with Crippen LogP contribution in [0.25, 0.3) is 12.2 Å². The number of nitrogens with zero attached hydrogens (tertiary/aromatic N) is 1. The van der Waals surface area contributed by atoms with Gasteiger partial charge in [0.2, 0.25) is 5.91 Å². The molecule has 220 valence electrons. The van der Waals surface area contributed by atoms with Crippen LogP contribution in [0.15, 0.2) is 48.7 Å². The maximum Gasteiger partial charge on any atom is 0.318 e. The molecular weight excluding hydrogens is 533 g/mol. The second-order valence-corrected chi connectivity index (χ2v) is 11.4. The molecule has 9 heteroatoms. The summed E-state index contributed by atoms with van der Waals surface area (Å²) in [5.41, 5.74) is 4.22. The first kappa shape index (κ1) is 28.0. The number of nitrogens with one attached hydrogen (secondary N) is 4. The van der Waals surface area contributed by atoms with E-state index in [1.807, 2.05) is 25.3 Å². The van der Waals surface area contributed by atoms with Crippen LogP contribution in [0.5, 0.6) is 5.75 Å². The number of halogens is 1. The highest BCUT2D eigenvalue weighted by atomic mass is 19.1. The fourth-order valence-electron chi connectivity index (χ4n) is 6.18. The first-order valence-corrected chi connectivity index (χ1v) is 14.9. The van der Waals surface area contributed by atoms with Gasteiger partial charge in [-0.15, -0.1) is 0 Å². The molecule has 0 bridgehead atoms. The van der Waals surface area contributed by atoms with Gasteiger partial charge < -0.3 is 30.6 Å². The van der Waals surface area contributed by atoms with E-state index in [0.717, 1.165) is 54.2 Å². The number of fused-ring (bicyclic) bond motifs is 2. The van der Waals surface area contributed by atoms with Crippen molar-refractivity contribution in [3.05, 3.63) is 81.7 Å². The highest BCUT2D eigenvalue weighted by Crippen LogP contribution is 2.23. The van der Waals surface area contributed by atoms with Crippen LogP contribution in [0.1, 0.15) is 55.2 Å². The van der Waals surface area contributed by atoms with Crippen molar-refractivity contribution >= 4 is 29.8 Å². The Balaban J connectivity index is 1.16. The average Bonchev–Trinajstić information content (AvgIpc) is 3.45. The Morgan fingerprint density at radius 3 is 2.64 bits per heavy atom. The van der Waals surface area contributed by atoms with E-state index in [4.69, 9.17) is 4.74 Å². The van der Waals surface area contributed by atoms with Crippen LogP contribution in [0.3, 0.4) is 0 Å². The third-order valence-corrected chi connectivity index (χ3v) is 8.61. The van der Waals surface area contributed by atoms with E-state index in [1.165, 1.54) is 23.3 Å². The molecule has 42 heavy (non-hydrogen) atoms. The van der Waals surface area contributed by atoms with E-state index in [1.54, 1.807) is 17.0 Å². The van der Waals surface area contributed by atoms with Crippen molar-refractivity contribution in [2.45, 2.75) is 63.6 Å². The number of urea groups is 1. The number of hydrogen-bond acceptors (Lipinski definition) is 4. The zero-order valence-electron chi connectivity index (χ0n) is 23.9. The Morgan fingerprint density at radius 2 is 1.83 bits per heavy atom. The van der Waals surface area contributed by atoms with E-state index in [9.17, 15) is 14.0 Å². The van der Waals surface area contributed by atoms with Crippen molar-refractivity contribution in [1.82, 2.24) is 20.5 Å². The number of H-pyrrole nitrogens is 1. The predicted molar refractivity (Wildman–Crippen MR) is 161 cm³/mol. The number of hydrogen-bond donors (Lipinski definition) is 4. The van der Waals surface area contributed by atoms with Crippen molar-refractivity contribution in [1.29, 1.82) is 0 Å². The molecule has 2 aliphatic heterocycles. The van der Waals surface area contributed by atoms with Crippen LogP contribution < -0.4 is 31.3 Å². The smallest absolute Gasteiger partial charge is 0.318 e. The SMILES string of the molecule is C[C@@H](c1c[nH]c2c1=CCCC=2)[C@@H](NC(=O)N1CCC(Oc2ccc(F)cc2)CC1)C(=O)Nc1ccc2c(c1)CNCC2. The molecule has 1 fully saturated rings. The monoisotopic (exact) mass is 571 g/mol. The lowest BCUT2D eigenvalue weighted by Gasteiger charge is -2.34. The molecular formula is C33H38FN5O3. The van der Waals surface area contributed by atoms with Crippen LogP contribution in [0.2, 0.25) is 0 Å². The molecule has 3 aromatic rings. The molecule has 6 rings (SSSR count). The number of aromatic nitrogens is 1. The van der Waals surface area contributed by atoms with Crippen LogP contribution in [0.4, 0.5) is 14.9 Å². The Labute approximate surface area is 245 Å². The van der Waals surface area contributed by atoms with E-state index in [-0.39, 0.29) is 29.8 Å². The van der Waals surface area contributed by atoms with E-state index in [2.05, 4.69) is 39.2 Å². The van der Waals surface area contributed by atoms with Crippen molar-refractivity contribution in [2.75, 3.05) is 25.0 Å². The second-order valence-electron chi connectivity index (χ2n) is 11.4. The van der Waals surface area contributed by atoms with E-state index in [0.29, 0.717) is 31.7 Å². The Bertz CT molecular complexity index is 1560. The number of amides is 3. The van der Waals surface area contributed by atoms with Gasteiger partial charge in [-0.2, -0.15) is 0 Å². The maximum atomic E-state index is 13.8. The van der Waals surface area contributed by atoms with Gasteiger partial charge in [-0.1, -0.05) is 25.1 Å². The average molecular weight is 572 g/mol. The van der Waals surface area contributed by atoms with Gasteiger partial charge in [0.05, 0.1) is 0 Å². The van der Waals surface area contributed by atoms with Gasteiger partial charge >= 0.3 is 6.03 Å². The number of likely N-dealkylation sites (tertiary alicyclic amines) is 1. The summed E-state index contributed by atoms with van der Waals surface area (Å²) in [6.45, 7) is 4.73. The Hall–Kier alpha value is -4.11. The van der Waals surface area contributed by atoms with Crippen LogP contribution in [-0.4, -0.2) is 53.6 Å². The van der Waals surface area contributed by atoms with Crippen molar-refractivity contribution in [3.63, 3.8) is 0 Å². The molecule has 2 aromatic carbocycles. The number of ether oxygens (including phenoxy) is 1. The summed E-state index contributed by atoms with van der Waals surface area (Å²) in [5.74, 6) is -0.202. The summed E-state index contributed by atoms with van der Waals surface area (Å²) in [6, 6.07) is 11.0. The second kappa shape index (κ2) is 12.4. The predicted octanol–water partition coefficient (Wildman–Crippen LogP) is 3.52. The van der Waals surface area contributed by atoms with Crippen LogP contribution >= 0.6 is 0 Å². The number of rotatable bonds is 7. The topological polar surface area (TPSA) is 98.5 Å². The highest BCUT2D eigenvalue weighted by Gasteiger charge is 2.32. The first-order chi connectivity index (χ1) is 20.4. The summed E-state index contributed by atoms with van der Waals surface area (Å²) < 4.78 is 19.2. The van der Waals surface area contributed by atoms with E-state index >= 15 is 0 Å². The number of carbonyl (C=O) groups excluding carboxylic acids is 2. The first-order valence-electron chi connectivity index (χ1n) is 14.9. The zero-order valence-corrected chi connectivity index (χ0v) is 23.9. The summed E-state index contributed by atoms with van der Waals surface area (Å²) in [5, 5.41) is 11.7. The van der Waals surface area contributed by atoms with Gasteiger partial charge in [-0.3, -0.25) is 4.79 Å². The Morgan fingerprint density at radius 1 is 1.05 bits per heavy atom. The molecule has 1 aromatic heterocycles. The minimum absolute atomic E-state index is 0.0609. The van der Waals surface area contributed by atoms with Gasteiger partial charge in [0.25, 0.3) is 0 Å². The molecule has 3 aliphatic rings. The molecule has 1 aliphatic carbocycles. The summed E-state index contributed by atoms with van der Waals surface area (Å²) in [6.07, 6.45) is 10.5. The van der Waals surface area contributed by atoms with Gasteiger partial charge in [0, 0.05) is 55.6 Å². The molecule has 0 saturated carbocycles. The highest BCUT2D eigenvalue weighted by molar-refractivity contribution is 5.98. The summed E-state index contributed by atoms with van der Waals surface area (Å²) >= 11 is 0. The molecule has 0 unspecified atom stereocenters. The summed E-state index contributed by atoms with van der Waals surface area (Å²) in [7, 11) is 0. The lowest BCUT2D eigenvalue weighted by Crippen LogP contribution is -2.54. The quantitative estimate of drug-likeness (QED) is 0.349. The number of carbonyl (C=O) groups is 2. The molecule has 1 saturated heterocycles. The minimum atomic E-state index is -0.782. The molecule has 3 heterocycles. The largest absolute Gasteiger partial charge is 0.490 e. The molecule has 2 atom stereocenters. The fourth-order valence-corrected chi connectivity index (χ4v) is 6.18. The van der Waals surface area contributed by atoms with Crippen LogP contribution in [0, 0.1) is 5.82 Å². The summed E-state index contributed by atoms with van der Waals surface area (Å²) in [4.78, 5) is 32.5. The fraction of sp³-hybridized carbons (Fsp3) is 0.394. The van der Waals surface area contributed by atoms with Gasteiger partial charge in [-0.25, -0.2) is 9.18 Å². The molecule has 3 amide bonds. The van der Waals surface area contributed by atoms with Crippen molar-refractivity contribution in [2.24, 2.45) is 0 Å². The number of benzene rings is 2. The van der Waals surface area contributed by atoms with Crippen LogP contribution in [-0.2, 0) is 17.8 Å². The molecule has 0 spiro atoms. The molecule has 4 N–H and O–H groups in total. The standard InChI is InChI=1S/C33H38FN5O3/c1-21(29-20-36-30-5-3-2-4-28(29)30)31(32(40)37-25-9-6-22-12-15-35-19-23(22)18-25)38-33(41)39-16-13-27(14-17-39)42-26-10-7-24(34)8-11-26/h4-11,18,20-21,27,31,35-36H,2-3,12-17,19H2,1H3,(H,37,40)(H,38,41)/t21-,31+/m0/s1. The van der Waals surface area contributed by atoms with E-state index < -0.39 is 6.04 Å². The number of anilines is 1. The number of aromatic amines is 1. The number of piperidine rings is 1. The third-order valence-electron chi connectivity index (χ3n) is 8.61. The Kier molecular flexibility index (Phi) is 8.28. The lowest BCUT2D eigenvalue weighted by molar-refractivity contribution is -0.118. The lowest BCUT2D eigenvalue weighted by atomic mass is 9.92. The zero-order chi connectivity index (χ0) is 29.1. The van der Waals surface area contributed by atoms with Gasteiger partial charge in [0.15, 0.2) is 0 Å². The van der Waals surface area contributed by atoms with Gasteiger partial charge in [-0.05, 0) is 84.1 Å². The molecule has 0 radical (unpaired) electrons. The molecule has 8 nitrogen and oxygen atoms in total. The minimum Gasteiger partial charge on any atom is -0.490 e.